The number of ether oxygens (including phenoxy) is 1. The SMILES string of the molecule is CCN(CC)CCOc1ccccc1CNC(=O)c1cnn(-c2ccc(F)cc2)c1C. The van der Waals surface area contributed by atoms with Crippen LogP contribution < -0.4 is 10.1 Å². The van der Waals surface area contributed by atoms with Gasteiger partial charge < -0.3 is 15.0 Å². The lowest BCUT2D eigenvalue weighted by atomic mass is 10.2. The smallest absolute Gasteiger partial charge is 0.255 e. The van der Waals surface area contributed by atoms with Crippen LogP contribution in [0.5, 0.6) is 5.75 Å². The Kier molecular flexibility index (Phi) is 7.78. The topological polar surface area (TPSA) is 59.4 Å². The van der Waals surface area contributed by atoms with E-state index in [2.05, 4.69) is 29.2 Å². The second-order valence-electron chi connectivity index (χ2n) is 7.20. The summed E-state index contributed by atoms with van der Waals surface area (Å²) < 4.78 is 20.8. The van der Waals surface area contributed by atoms with E-state index in [0.717, 1.165) is 30.9 Å². The zero-order valence-corrected chi connectivity index (χ0v) is 18.3. The second kappa shape index (κ2) is 10.7. The summed E-state index contributed by atoms with van der Waals surface area (Å²) in [4.78, 5) is 15.1. The Bertz CT molecular complexity index is 997. The molecule has 6 nitrogen and oxygen atoms in total. The minimum atomic E-state index is -0.315. The van der Waals surface area contributed by atoms with Crippen molar-refractivity contribution in [2.45, 2.75) is 27.3 Å². The van der Waals surface area contributed by atoms with Crippen molar-refractivity contribution < 1.29 is 13.9 Å². The minimum absolute atomic E-state index is 0.219. The maximum atomic E-state index is 13.2. The Morgan fingerprint density at radius 1 is 1.13 bits per heavy atom. The number of carbonyl (C=O) groups excluding carboxylic acids is 1. The van der Waals surface area contributed by atoms with Gasteiger partial charge in [-0.25, -0.2) is 9.07 Å². The fraction of sp³-hybridized carbons (Fsp3) is 0.333. The van der Waals surface area contributed by atoms with Crippen molar-refractivity contribution in [1.29, 1.82) is 0 Å². The van der Waals surface area contributed by atoms with Gasteiger partial charge in [0.15, 0.2) is 0 Å². The van der Waals surface area contributed by atoms with Gasteiger partial charge in [0, 0.05) is 18.7 Å². The molecule has 3 rings (SSSR count). The summed E-state index contributed by atoms with van der Waals surface area (Å²) >= 11 is 0. The van der Waals surface area contributed by atoms with Gasteiger partial charge in [0.05, 0.1) is 23.1 Å². The summed E-state index contributed by atoms with van der Waals surface area (Å²) in [6, 6.07) is 13.7. The summed E-state index contributed by atoms with van der Waals surface area (Å²) in [5, 5.41) is 7.24. The highest BCUT2D eigenvalue weighted by Gasteiger charge is 2.16. The number of rotatable bonds is 10. The van der Waals surface area contributed by atoms with Crippen LogP contribution in [0.2, 0.25) is 0 Å². The van der Waals surface area contributed by atoms with Crippen LogP contribution in [0.1, 0.15) is 35.5 Å². The lowest BCUT2D eigenvalue weighted by Crippen LogP contribution is -2.28. The maximum Gasteiger partial charge on any atom is 0.255 e. The molecule has 0 saturated carbocycles. The predicted molar refractivity (Wildman–Crippen MR) is 119 cm³/mol. The van der Waals surface area contributed by atoms with Crippen LogP contribution in [0.25, 0.3) is 5.69 Å². The number of hydrogen-bond acceptors (Lipinski definition) is 4. The van der Waals surface area contributed by atoms with E-state index in [9.17, 15) is 9.18 Å². The Morgan fingerprint density at radius 3 is 2.55 bits per heavy atom. The average molecular weight is 425 g/mol. The van der Waals surface area contributed by atoms with Crippen LogP contribution in [0.4, 0.5) is 4.39 Å². The van der Waals surface area contributed by atoms with Crippen molar-refractivity contribution in [1.82, 2.24) is 20.0 Å². The number of nitrogens with one attached hydrogen (secondary N) is 1. The van der Waals surface area contributed by atoms with E-state index >= 15 is 0 Å². The third kappa shape index (κ3) is 5.70. The van der Waals surface area contributed by atoms with Crippen LogP contribution >= 0.6 is 0 Å². The van der Waals surface area contributed by atoms with Gasteiger partial charge in [-0.05, 0) is 50.3 Å². The fourth-order valence-corrected chi connectivity index (χ4v) is 3.36. The normalized spacial score (nSPS) is 11.0. The molecule has 1 amide bonds. The Morgan fingerprint density at radius 2 is 1.84 bits per heavy atom. The summed E-state index contributed by atoms with van der Waals surface area (Å²) in [6.07, 6.45) is 1.53. The number of para-hydroxylation sites is 1. The molecule has 2 aromatic carbocycles. The van der Waals surface area contributed by atoms with Crippen LogP contribution in [-0.2, 0) is 6.54 Å². The molecule has 0 unspecified atom stereocenters. The number of aromatic nitrogens is 2. The molecule has 0 aliphatic carbocycles. The van der Waals surface area contributed by atoms with Crippen molar-refractivity contribution in [3.63, 3.8) is 0 Å². The standard InChI is InChI=1S/C24H29FN4O2/c1-4-28(5-2)14-15-31-23-9-7-6-8-19(23)16-26-24(30)22-17-27-29(18(22)3)21-12-10-20(25)11-13-21/h6-13,17H,4-5,14-16H2,1-3H3,(H,26,30). The third-order valence-electron chi connectivity index (χ3n) is 5.30. The van der Waals surface area contributed by atoms with E-state index in [-0.39, 0.29) is 11.7 Å². The molecule has 0 aliphatic rings. The van der Waals surface area contributed by atoms with E-state index in [1.807, 2.05) is 31.2 Å². The van der Waals surface area contributed by atoms with E-state index in [0.29, 0.717) is 30.1 Å². The van der Waals surface area contributed by atoms with Crippen LogP contribution in [0, 0.1) is 12.7 Å². The molecule has 164 valence electrons. The fourth-order valence-electron chi connectivity index (χ4n) is 3.36. The van der Waals surface area contributed by atoms with Crippen molar-refractivity contribution in [2.24, 2.45) is 0 Å². The number of hydrogen-bond donors (Lipinski definition) is 1. The Balaban J connectivity index is 1.63. The molecule has 1 N–H and O–H groups in total. The number of halogens is 1. The highest BCUT2D eigenvalue weighted by Crippen LogP contribution is 2.19. The molecular formula is C24H29FN4O2. The molecule has 0 atom stereocenters. The number of likely N-dealkylation sites (N-methyl/N-ethyl adjacent to an activating group) is 1. The van der Waals surface area contributed by atoms with Crippen molar-refractivity contribution in [3.8, 4) is 11.4 Å². The molecule has 1 aromatic heterocycles. The van der Waals surface area contributed by atoms with Gasteiger partial charge in [0.25, 0.3) is 5.91 Å². The average Bonchev–Trinajstić information content (AvgIpc) is 3.17. The maximum absolute atomic E-state index is 13.2. The van der Waals surface area contributed by atoms with Gasteiger partial charge in [0.2, 0.25) is 0 Å². The first-order chi connectivity index (χ1) is 15.0. The van der Waals surface area contributed by atoms with Gasteiger partial charge in [-0.1, -0.05) is 32.0 Å². The molecule has 0 radical (unpaired) electrons. The van der Waals surface area contributed by atoms with Crippen LogP contribution in [0.3, 0.4) is 0 Å². The summed E-state index contributed by atoms with van der Waals surface area (Å²) in [7, 11) is 0. The first-order valence-electron chi connectivity index (χ1n) is 10.5. The Labute approximate surface area is 182 Å². The summed E-state index contributed by atoms with van der Waals surface area (Å²) in [5.41, 5.74) is 2.78. The molecule has 0 aliphatic heterocycles. The Hall–Kier alpha value is -3.19. The van der Waals surface area contributed by atoms with E-state index in [4.69, 9.17) is 4.74 Å². The molecule has 3 aromatic rings. The van der Waals surface area contributed by atoms with Gasteiger partial charge in [0.1, 0.15) is 18.2 Å². The van der Waals surface area contributed by atoms with E-state index < -0.39 is 0 Å². The quantitative estimate of drug-likeness (QED) is 0.535. The van der Waals surface area contributed by atoms with Crippen LogP contribution in [-0.4, -0.2) is 46.8 Å². The first-order valence-corrected chi connectivity index (χ1v) is 10.5. The third-order valence-corrected chi connectivity index (χ3v) is 5.30. The van der Waals surface area contributed by atoms with E-state index in [1.165, 1.54) is 18.3 Å². The zero-order valence-electron chi connectivity index (χ0n) is 18.3. The molecule has 0 saturated heterocycles. The lowest BCUT2D eigenvalue weighted by molar-refractivity contribution is 0.0950. The molecule has 0 bridgehead atoms. The van der Waals surface area contributed by atoms with Crippen molar-refractivity contribution in [2.75, 3.05) is 26.2 Å². The minimum Gasteiger partial charge on any atom is -0.492 e. The van der Waals surface area contributed by atoms with Gasteiger partial charge in [-0.15, -0.1) is 0 Å². The molecular weight excluding hydrogens is 395 g/mol. The molecule has 0 spiro atoms. The largest absolute Gasteiger partial charge is 0.492 e. The summed E-state index contributed by atoms with van der Waals surface area (Å²) in [5.74, 6) is 0.238. The highest BCUT2D eigenvalue weighted by atomic mass is 19.1. The number of benzene rings is 2. The van der Waals surface area contributed by atoms with Crippen LogP contribution in [0.15, 0.2) is 54.7 Å². The van der Waals surface area contributed by atoms with Gasteiger partial charge >= 0.3 is 0 Å². The monoisotopic (exact) mass is 424 g/mol. The van der Waals surface area contributed by atoms with Crippen molar-refractivity contribution in [3.05, 3.63) is 77.4 Å². The highest BCUT2D eigenvalue weighted by molar-refractivity contribution is 5.95. The van der Waals surface area contributed by atoms with E-state index in [1.54, 1.807) is 16.8 Å². The first kappa shape index (κ1) is 22.5. The predicted octanol–water partition coefficient (Wildman–Crippen LogP) is 3.97. The number of nitrogens with zero attached hydrogens (tertiary/aromatic N) is 3. The number of amides is 1. The van der Waals surface area contributed by atoms with Gasteiger partial charge in [-0.3, -0.25) is 4.79 Å². The molecule has 7 heteroatoms. The summed E-state index contributed by atoms with van der Waals surface area (Å²) in [6.45, 7) is 9.86. The van der Waals surface area contributed by atoms with Crippen molar-refractivity contribution >= 4 is 5.91 Å². The van der Waals surface area contributed by atoms with Gasteiger partial charge in [-0.2, -0.15) is 5.10 Å². The zero-order chi connectivity index (χ0) is 22.2. The molecule has 1 heterocycles. The molecule has 31 heavy (non-hydrogen) atoms. The second-order valence-corrected chi connectivity index (χ2v) is 7.20. The lowest BCUT2D eigenvalue weighted by Gasteiger charge is -2.19. The molecule has 0 fully saturated rings. The number of carbonyl (C=O) groups is 1.